The second-order valence-corrected chi connectivity index (χ2v) is 7.07. The molecule has 0 spiro atoms. The number of benzene rings is 2. The molecule has 7 nitrogen and oxygen atoms in total. The van der Waals surface area contributed by atoms with Gasteiger partial charge in [0.15, 0.2) is 0 Å². The van der Waals surface area contributed by atoms with Gasteiger partial charge in [-0.15, -0.1) is 0 Å². The van der Waals surface area contributed by atoms with Crippen LogP contribution in [0.4, 0.5) is 5.88 Å². The number of rotatable bonds is 5. The van der Waals surface area contributed by atoms with Gasteiger partial charge in [0.1, 0.15) is 11.8 Å². The first-order chi connectivity index (χ1) is 15.2. The Bertz CT molecular complexity index is 1120. The van der Waals surface area contributed by atoms with E-state index in [0.29, 0.717) is 43.5 Å². The third-order valence-corrected chi connectivity index (χ3v) is 5.12. The van der Waals surface area contributed by atoms with Crippen molar-refractivity contribution in [3.05, 3.63) is 77.3 Å². The molecule has 1 aliphatic rings. The van der Waals surface area contributed by atoms with Crippen molar-refractivity contribution < 1.29 is 13.9 Å². The number of hydrogen-bond acceptors (Lipinski definition) is 6. The van der Waals surface area contributed by atoms with Gasteiger partial charge in [0.25, 0.3) is 5.91 Å². The second-order valence-electron chi connectivity index (χ2n) is 7.07. The SMILES string of the molecule is COc1cccc(/C=C/c2nc(C#N)c(N3CCN(C(=O)c4ccccc4)CC3)o2)c1. The van der Waals surface area contributed by atoms with Crippen molar-refractivity contribution >= 4 is 23.9 Å². The van der Waals surface area contributed by atoms with Gasteiger partial charge in [-0.1, -0.05) is 30.3 Å². The summed E-state index contributed by atoms with van der Waals surface area (Å²) in [5.41, 5.74) is 1.86. The van der Waals surface area contributed by atoms with E-state index < -0.39 is 0 Å². The maximum atomic E-state index is 12.6. The second kappa shape index (κ2) is 9.18. The average Bonchev–Trinajstić information content (AvgIpc) is 3.26. The zero-order valence-electron chi connectivity index (χ0n) is 17.2. The van der Waals surface area contributed by atoms with Gasteiger partial charge < -0.3 is 19.0 Å². The standard InChI is InChI=1S/C24H22N4O3/c1-30-20-9-5-6-18(16-20)10-11-22-26-21(17-25)24(31-22)28-14-12-27(13-15-28)23(29)19-7-3-2-4-8-19/h2-11,16H,12-15H2,1H3/b11-10+. The molecular weight excluding hydrogens is 392 g/mol. The van der Waals surface area contributed by atoms with Crippen molar-refractivity contribution in [1.29, 1.82) is 5.26 Å². The summed E-state index contributed by atoms with van der Waals surface area (Å²) in [5, 5.41) is 9.50. The lowest BCUT2D eigenvalue weighted by Crippen LogP contribution is -2.48. The molecule has 1 amide bonds. The molecule has 1 aromatic heterocycles. The number of carbonyl (C=O) groups excluding carboxylic acids is 1. The minimum absolute atomic E-state index is 0.0141. The topological polar surface area (TPSA) is 82.6 Å². The van der Waals surface area contributed by atoms with Gasteiger partial charge in [0, 0.05) is 37.8 Å². The van der Waals surface area contributed by atoms with E-state index >= 15 is 0 Å². The smallest absolute Gasteiger partial charge is 0.253 e. The fourth-order valence-electron chi connectivity index (χ4n) is 3.48. The van der Waals surface area contributed by atoms with Crippen molar-refractivity contribution in [1.82, 2.24) is 9.88 Å². The maximum absolute atomic E-state index is 12.6. The van der Waals surface area contributed by atoms with Crippen LogP contribution in [-0.2, 0) is 0 Å². The Kier molecular flexibility index (Phi) is 5.99. The lowest BCUT2D eigenvalue weighted by atomic mass is 10.2. The normalized spacial score (nSPS) is 13.9. The number of hydrogen-bond donors (Lipinski definition) is 0. The Morgan fingerprint density at radius 2 is 1.87 bits per heavy atom. The molecule has 0 N–H and O–H groups in total. The molecule has 2 aromatic carbocycles. The summed E-state index contributed by atoms with van der Waals surface area (Å²) in [6.45, 7) is 2.24. The number of methoxy groups -OCH3 is 1. The highest BCUT2D eigenvalue weighted by molar-refractivity contribution is 5.94. The molecule has 1 saturated heterocycles. The van der Waals surface area contributed by atoms with E-state index in [4.69, 9.17) is 9.15 Å². The Morgan fingerprint density at radius 3 is 2.58 bits per heavy atom. The van der Waals surface area contributed by atoms with Crippen LogP contribution in [0.15, 0.2) is 59.0 Å². The molecule has 0 saturated carbocycles. The molecule has 4 rings (SSSR count). The highest BCUT2D eigenvalue weighted by Gasteiger charge is 2.26. The van der Waals surface area contributed by atoms with Crippen LogP contribution in [0.3, 0.4) is 0 Å². The number of nitrogens with zero attached hydrogens (tertiary/aromatic N) is 4. The summed E-state index contributed by atoms with van der Waals surface area (Å²) in [4.78, 5) is 20.7. The number of carbonyl (C=O) groups is 1. The summed E-state index contributed by atoms with van der Waals surface area (Å²) in [5.74, 6) is 1.58. The van der Waals surface area contributed by atoms with E-state index in [0.717, 1.165) is 11.3 Å². The van der Waals surface area contributed by atoms with E-state index in [1.165, 1.54) is 0 Å². The molecule has 3 aromatic rings. The zero-order valence-corrected chi connectivity index (χ0v) is 17.2. The maximum Gasteiger partial charge on any atom is 0.253 e. The summed E-state index contributed by atoms with van der Waals surface area (Å²) in [6.07, 6.45) is 3.59. The molecule has 0 bridgehead atoms. The van der Waals surface area contributed by atoms with Crippen LogP contribution in [0.25, 0.3) is 12.2 Å². The fraction of sp³-hybridized carbons (Fsp3) is 0.208. The highest BCUT2D eigenvalue weighted by Crippen LogP contribution is 2.25. The van der Waals surface area contributed by atoms with Crippen LogP contribution in [0.2, 0.25) is 0 Å². The van der Waals surface area contributed by atoms with Crippen molar-refractivity contribution in [3.8, 4) is 11.8 Å². The molecule has 156 valence electrons. The van der Waals surface area contributed by atoms with E-state index in [-0.39, 0.29) is 11.6 Å². The monoisotopic (exact) mass is 414 g/mol. The van der Waals surface area contributed by atoms with Crippen molar-refractivity contribution in [2.75, 3.05) is 38.2 Å². The first-order valence-corrected chi connectivity index (χ1v) is 10.0. The predicted octanol–water partition coefficient (Wildman–Crippen LogP) is 3.69. The molecule has 0 unspecified atom stereocenters. The van der Waals surface area contributed by atoms with Crippen LogP contribution in [0.5, 0.6) is 5.75 Å². The zero-order chi connectivity index (χ0) is 21.6. The summed E-state index contributed by atoms with van der Waals surface area (Å²) in [7, 11) is 1.62. The van der Waals surface area contributed by atoms with E-state index in [1.807, 2.05) is 70.5 Å². The predicted molar refractivity (Wildman–Crippen MR) is 118 cm³/mol. The van der Waals surface area contributed by atoms with Crippen molar-refractivity contribution in [2.45, 2.75) is 0 Å². The van der Waals surface area contributed by atoms with Crippen molar-refractivity contribution in [3.63, 3.8) is 0 Å². The van der Waals surface area contributed by atoms with Gasteiger partial charge in [-0.3, -0.25) is 4.79 Å². The molecular formula is C24H22N4O3. The minimum atomic E-state index is 0.0141. The van der Waals surface area contributed by atoms with Crippen LogP contribution in [0, 0.1) is 11.3 Å². The van der Waals surface area contributed by atoms with Gasteiger partial charge in [-0.2, -0.15) is 10.2 Å². The van der Waals surface area contributed by atoms with Gasteiger partial charge >= 0.3 is 0 Å². The quantitative estimate of drug-likeness (QED) is 0.633. The average molecular weight is 414 g/mol. The van der Waals surface area contributed by atoms with Gasteiger partial charge in [-0.05, 0) is 35.9 Å². The first-order valence-electron chi connectivity index (χ1n) is 10.0. The number of piperazine rings is 1. The van der Waals surface area contributed by atoms with Gasteiger partial charge in [0.2, 0.25) is 17.5 Å². The number of nitriles is 1. The molecule has 0 atom stereocenters. The largest absolute Gasteiger partial charge is 0.497 e. The summed E-state index contributed by atoms with van der Waals surface area (Å²) < 4.78 is 11.1. The third kappa shape index (κ3) is 4.59. The minimum Gasteiger partial charge on any atom is -0.497 e. The Morgan fingerprint density at radius 1 is 1.10 bits per heavy atom. The molecule has 2 heterocycles. The molecule has 7 heteroatoms. The van der Waals surface area contributed by atoms with Gasteiger partial charge in [0.05, 0.1) is 7.11 Å². The third-order valence-electron chi connectivity index (χ3n) is 5.12. The summed E-state index contributed by atoms with van der Waals surface area (Å²) in [6, 6.07) is 19.0. The van der Waals surface area contributed by atoms with Crippen LogP contribution >= 0.6 is 0 Å². The number of amides is 1. The fourth-order valence-corrected chi connectivity index (χ4v) is 3.48. The lowest BCUT2D eigenvalue weighted by molar-refractivity contribution is 0.0745. The van der Waals surface area contributed by atoms with E-state index in [2.05, 4.69) is 11.1 Å². The number of anilines is 1. The number of aromatic nitrogens is 1. The summed E-state index contributed by atoms with van der Waals surface area (Å²) >= 11 is 0. The van der Waals surface area contributed by atoms with Crippen LogP contribution in [-0.4, -0.2) is 49.1 Å². The van der Waals surface area contributed by atoms with E-state index in [9.17, 15) is 10.1 Å². The number of oxazole rings is 1. The molecule has 1 fully saturated rings. The van der Waals surface area contributed by atoms with Crippen LogP contribution in [0.1, 0.15) is 27.5 Å². The Hall–Kier alpha value is -4.05. The number of ether oxygens (including phenoxy) is 1. The first kappa shape index (κ1) is 20.2. The van der Waals surface area contributed by atoms with Crippen molar-refractivity contribution in [2.24, 2.45) is 0 Å². The highest BCUT2D eigenvalue weighted by atomic mass is 16.5. The lowest BCUT2D eigenvalue weighted by Gasteiger charge is -2.34. The molecule has 0 aliphatic carbocycles. The van der Waals surface area contributed by atoms with Crippen LogP contribution < -0.4 is 9.64 Å². The molecule has 1 aliphatic heterocycles. The van der Waals surface area contributed by atoms with E-state index in [1.54, 1.807) is 13.2 Å². The molecule has 0 radical (unpaired) electrons. The Labute approximate surface area is 180 Å². The Balaban J connectivity index is 1.44. The molecule has 31 heavy (non-hydrogen) atoms. The van der Waals surface area contributed by atoms with Gasteiger partial charge in [-0.25, -0.2) is 0 Å².